The highest BCUT2D eigenvalue weighted by Crippen LogP contribution is 2.48. The quantitative estimate of drug-likeness (QED) is 0.239. The van der Waals surface area contributed by atoms with E-state index in [9.17, 15) is 19.1 Å². The number of hydrogen-bond donors (Lipinski definition) is 3. The normalized spacial score (nSPS) is 15.7. The average Bonchev–Trinajstić information content (AvgIpc) is 3.49. The van der Waals surface area contributed by atoms with Gasteiger partial charge in [-0.3, -0.25) is 9.59 Å². The van der Waals surface area contributed by atoms with Gasteiger partial charge in [-0.1, -0.05) is 43.1 Å². The number of nitrogens with zero attached hydrogens (tertiary/aromatic N) is 3. The first-order chi connectivity index (χ1) is 20.4. The van der Waals surface area contributed by atoms with E-state index in [0.29, 0.717) is 10.7 Å². The predicted octanol–water partition coefficient (Wildman–Crippen LogP) is 5.30. The molecule has 0 radical (unpaired) electrons. The van der Waals surface area contributed by atoms with E-state index in [1.165, 1.54) is 62.4 Å². The van der Waals surface area contributed by atoms with Gasteiger partial charge in [0, 0.05) is 38.8 Å². The van der Waals surface area contributed by atoms with Crippen LogP contribution in [0.2, 0.25) is 10.0 Å². The molecule has 0 aliphatic carbocycles. The molecule has 0 spiro atoms. The van der Waals surface area contributed by atoms with E-state index in [1.807, 2.05) is 0 Å². The van der Waals surface area contributed by atoms with Gasteiger partial charge in [-0.25, -0.2) is 4.39 Å². The molecule has 2 aromatic carbocycles. The van der Waals surface area contributed by atoms with Crippen LogP contribution in [0.5, 0.6) is 17.8 Å². The summed E-state index contributed by atoms with van der Waals surface area (Å²) < 4.78 is 32.5. The Morgan fingerprint density at radius 2 is 1.67 bits per heavy atom. The fourth-order valence-corrected chi connectivity index (χ4v) is 5.45. The number of benzene rings is 2. The maximum absolute atomic E-state index is 14.7. The number of halogens is 3. The molecule has 0 bridgehead atoms. The van der Waals surface area contributed by atoms with Crippen LogP contribution in [0.15, 0.2) is 42.6 Å². The van der Waals surface area contributed by atoms with Crippen LogP contribution in [0.1, 0.15) is 46.9 Å². The number of amides is 2. The van der Waals surface area contributed by atoms with Crippen molar-refractivity contribution in [3.05, 3.63) is 80.8 Å². The first kappa shape index (κ1) is 30.1. The highest BCUT2D eigenvalue weighted by Gasteiger charge is 2.52. The molecular weight excluding hydrogens is 604 g/mol. The predicted molar refractivity (Wildman–Crippen MR) is 158 cm³/mol. The molecule has 2 amide bonds. The summed E-state index contributed by atoms with van der Waals surface area (Å²) in [4.78, 5) is 36.2. The minimum atomic E-state index is -2.38. The van der Waals surface area contributed by atoms with Crippen LogP contribution in [0.3, 0.4) is 0 Å². The van der Waals surface area contributed by atoms with E-state index in [0.717, 1.165) is 6.07 Å². The van der Waals surface area contributed by atoms with Gasteiger partial charge >= 0.3 is 6.01 Å². The molecule has 1 aliphatic heterocycles. The third-order valence-corrected chi connectivity index (χ3v) is 7.40. The molecule has 3 heterocycles. The van der Waals surface area contributed by atoms with Crippen molar-refractivity contribution in [2.45, 2.75) is 25.4 Å². The van der Waals surface area contributed by atoms with E-state index in [4.69, 9.17) is 37.4 Å². The minimum absolute atomic E-state index is 0.00930. The monoisotopic (exact) mass is 629 g/mol. The first-order valence-corrected chi connectivity index (χ1v) is 13.6. The maximum Gasteiger partial charge on any atom is 0.322 e. The SMILES string of the molecule is COc1nc(OC)c(-n2cc(C(=O)Nc3cc(Cl)ccc3F)c(C3(O)C(=O)Nc4cc(Cl)ccc43)c2C(C)C)c(OC)n1. The van der Waals surface area contributed by atoms with Gasteiger partial charge in [-0.05, 0) is 36.2 Å². The first-order valence-electron chi connectivity index (χ1n) is 12.8. The van der Waals surface area contributed by atoms with Gasteiger partial charge in [0.1, 0.15) is 5.82 Å². The summed E-state index contributed by atoms with van der Waals surface area (Å²) in [6.07, 6.45) is 1.37. The fraction of sp³-hybridized carbons (Fsp3) is 0.241. The van der Waals surface area contributed by atoms with Crippen molar-refractivity contribution in [1.82, 2.24) is 14.5 Å². The summed E-state index contributed by atoms with van der Waals surface area (Å²) in [6, 6.07) is 8.13. The largest absolute Gasteiger partial charge is 0.479 e. The van der Waals surface area contributed by atoms with E-state index in [1.54, 1.807) is 13.8 Å². The lowest BCUT2D eigenvalue weighted by atomic mass is 9.82. The smallest absolute Gasteiger partial charge is 0.322 e. The number of rotatable bonds is 8. The Hall–Kier alpha value is -4.39. The van der Waals surface area contributed by atoms with E-state index in [-0.39, 0.29) is 56.5 Å². The van der Waals surface area contributed by atoms with Crippen LogP contribution >= 0.6 is 23.2 Å². The molecular formula is C29H26Cl2FN5O6. The molecule has 1 aliphatic rings. The standard InChI is InChI=1S/C29H26Cl2FN5O6/c1-13(2)22-21(29(40)17-8-6-14(30)10-19(17)34-27(29)39)16(24(38)33-20-11-15(31)7-9-18(20)32)12-37(22)23-25(41-3)35-28(43-5)36-26(23)42-4/h6-13,40H,1-5H3,(H,33,38)(H,34,39). The van der Waals surface area contributed by atoms with Crippen LogP contribution in [0, 0.1) is 5.82 Å². The Kier molecular flexibility index (Phi) is 7.95. The van der Waals surface area contributed by atoms with Crippen molar-refractivity contribution in [3.8, 4) is 23.5 Å². The van der Waals surface area contributed by atoms with Gasteiger partial charge in [0.15, 0.2) is 11.3 Å². The number of nitrogens with one attached hydrogen (secondary N) is 2. The summed E-state index contributed by atoms with van der Waals surface area (Å²) >= 11 is 12.2. The lowest BCUT2D eigenvalue weighted by molar-refractivity contribution is -0.129. The van der Waals surface area contributed by atoms with Crippen LogP contribution in [0.4, 0.5) is 15.8 Å². The van der Waals surface area contributed by atoms with Gasteiger partial charge < -0.3 is 34.5 Å². The zero-order chi connectivity index (χ0) is 31.2. The number of methoxy groups -OCH3 is 3. The molecule has 5 rings (SSSR count). The molecule has 0 saturated heterocycles. The molecule has 2 aromatic heterocycles. The molecule has 0 fully saturated rings. The van der Waals surface area contributed by atoms with Crippen molar-refractivity contribution in [2.24, 2.45) is 0 Å². The second-order valence-corrected chi connectivity index (χ2v) is 10.7. The Morgan fingerprint density at radius 3 is 2.28 bits per heavy atom. The van der Waals surface area contributed by atoms with Gasteiger partial charge in [-0.15, -0.1) is 0 Å². The number of anilines is 2. The van der Waals surface area contributed by atoms with Crippen molar-refractivity contribution in [1.29, 1.82) is 0 Å². The Bertz CT molecular complexity index is 1750. The zero-order valence-electron chi connectivity index (χ0n) is 23.6. The Labute approximate surface area is 255 Å². The highest BCUT2D eigenvalue weighted by atomic mass is 35.5. The molecule has 1 unspecified atom stereocenters. The average molecular weight is 630 g/mol. The topological polar surface area (TPSA) is 137 Å². The third-order valence-electron chi connectivity index (χ3n) is 6.93. The molecule has 4 aromatic rings. The third kappa shape index (κ3) is 5.01. The summed E-state index contributed by atoms with van der Waals surface area (Å²) in [5.41, 5.74) is -1.93. The van der Waals surface area contributed by atoms with Crippen LogP contribution in [-0.4, -0.2) is 52.8 Å². The second kappa shape index (κ2) is 11.4. The van der Waals surface area contributed by atoms with E-state index in [2.05, 4.69) is 20.6 Å². The number of aromatic nitrogens is 3. The fourth-order valence-electron chi connectivity index (χ4n) is 5.11. The van der Waals surface area contributed by atoms with E-state index < -0.39 is 29.2 Å². The Morgan fingerprint density at radius 1 is 1.05 bits per heavy atom. The highest BCUT2D eigenvalue weighted by molar-refractivity contribution is 6.31. The van der Waals surface area contributed by atoms with Gasteiger partial charge in [-0.2, -0.15) is 9.97 Å². The van der Waals surface area contributed by atoms with Crippen molar-refractivity contribution < 1.29 is 33.3 Å². The Balaban J connectivity index is 1.86. The van der Waals surface area contributed by atoms with Crippen molar-refractivity contribution >= 4 is 46.4 Å². The van der Waals surface area contributed by atoms with Gasteiger partial charge in [0.05, 0.1) is 32.6 Å². The van der Waals surface area contributed by atoms with E-state index >= 15 is 0 Å². The number of carbonyl (C=O) groups excluding carboxylic acids is 2. The zero-order valence-corrected chi connectivity index (χ0v) is 25.1. The summed E-state index contributed by atoms with van der Waals surface area (Å²) in [5, 5.41) is 18.0. The molecule has 43 heavy (non-hydrogen) atoms. The van der Waals surface area contributed by atoms with Gasteiger partial charge in [0.2, 0.25) is 11.8 Å². The summed E-state index contributed by atoms with van der Waals surface area (Å²) in [5.74, 6) is -2.83. The van der Waals surface area contributed by atoms with Crippen molar-refractivity contribution in [3.63, 3.8) is 0 Å². The summed E-state index contributed by atoms with van der Waals surface area (Å²) in [7, 11) is 4.12. The lowest BCUT2D eigenvalue weighted by Crippen LogP contribution is -2.38. The van der Waals surface area contributed by atoms with Crippen LogP contribution < -0.4 is 24.8 Å². The molecule has 11 nitrogen and oxygen atoms in total. The van der Waals surface area contributed by atoms with Crippen LogP contribution in [0.25, 0.3) is 5.69 Å². The van der Waals surface area contributed by atoms with Crippen LogP contribution in [-0.2, 0) is 10.4 Å². The molecule has 14 heteroatoms. The molecule has 224 valence electrons. The van der Waals surface area contributed by atoms with Crippen molar-refractivity contribution in [2.75, 3.05) is 32.0 Å². The molecule has 1 atom stereocenters. The molecule has 3 N–H and O–H groups in total. The molecule has 0 saturated carbocycles. The van der Waals surface area contributed by atoms with Gasteiger partial charge in [0.25, 0.3) is 11.8 Å². The minimum Gasteiger partial charge on any atom is -0.479 e. The number of carbonyl (C=O) groups is 2. The number of fused-ring (bicyclic) bond motifs is 1. The lowest BCUT2D eigenvalue weighted by Gasteiger charge is -2.26. The number of hydrogen-bond acceptors (Lipinski definition) is 8. The number of aliphatic hydroxyl groups is 1. The summed E-state index contributed by atoms with van der Waals surface area (Å²) in [6.45, 7) is 3.60. The maximum atomic E-state index is 14.7. The second-order valence-electron chi connectivity index (χ2n) is 9.84. The number of ether oxygens (including phenoxy) is 3.